The molecule has 1 aromatic carbocycles. The molecule has 0 atom stereocenters. The minimum Gasteiger partial charge on any atom is -0.467 e. The molecule has 0 aliphatic carbocycles. The molecule has 0 fully saturated rings. The molecule has 0 aliphatic rings. The maximum atomic E-state index is 13.0. The average Bonchev–Trinajstić information content (AvgIpc) is 3.28. The first-order valence-electron chi connectivity index (χ1n) is 8.47. The number of thiazole rings is 1. The van der Waals surface area contributed by atoms with Crippen molar-refractivity contribution in [3.63, 3.8) is 0 Å². The highest BCUT2D eigenvalue weighted by molar-refractivity contribution is 7.17. The van der Waals surface area contributed by atoms with Gasteiger partial charge in [-0.3, -0.25) is 4.79 Å². The molecule has 11 heteroatoms. The quantitative estimate of drug-likeness (QED) is 0.454. The van der Waals surface area contributed by atoms with Crippen molar-refractivity contribution in [1.82, 2.24) is 9.88 Å². The van der Waals surface area contributed by atoms with Crippen molar-refractivity contribution in [2.45, 2.75) is 25.8 Å². The number of carbonyl (C=O) groups is 1. The van der Waals surface area contributed by atoms with E-state index in [1.165, 1.54) is 37.5 Å². The Hall–Kier alpha value is -2.82. The number of alkyl halides is 6. The van der Waals surface area contributed by atoms with E-state index < -0.39 is 36.9 Å². The molecule has 0 unspecified atom stereocenters. The molecule has 0 radical (unpaired) electrons. The second-order valence-electron chi connectivity index (χ2n) is 6.36. The second-order valence-corrected chi connectivity index (χ2v) is 7.36. The van der Waals surface area contributed by atoms with Crippen LogP contribution >= 0.6 is 11.3 Å². The van der Waals surface area contributed by atoms with Crippen molar-refractivity contribution in [3.8, 4) is 10.6 Å². The Morgan fingerprint density at radius 3 is 2.30 bits per heavy atom. The molecule has 0 aliphatic heterocycles. The van der Waals surface area contributed by atoms with Crippen LogP contribution in [0.15, 0.2) is 47.1 Å². The zero-order chi connectivity index (χ0) is 22.1. The maximum Gasteiger partial charge on any atom is 0.416 e. The number of amides is 1. The Morgan fingerprint density at radius 1 is 1.10 bits per heavy atom. The Balaban J connectivity index is 1.88. The van der Waals surface area contributed by atoms with Gasteiger partial charge in [0.2, 0.25) is 0 Å². The molecule has 160 valence electrons. The topological polar surface area (TPSA) is 46.3 Å². The third-order valence-electron chi connectivity index (χ3n) is 4.03. The van der Waals surface area contributed by atoms with Gasteiger partial charge in [0.1, 0.15) is 22.2 Å². The Labute approximate surface area is 170 Å². The van der Waals surface area contributed by atoms with E-state index in [1.807, 2.05) is 0 Å². The van der Waals surface area contributed by atoms with Gasteiger partial charge in [-0.15, -0.1) is 11.3 Å². The highest BCUT2D eigenvalue weighted by Gasteiger charge is 2.35. The summed E-state index contributed by atoms with van der Waals surface area (Å²) < 4.78 is 82.1. The molecule has 0 saturated heterocycles. The van der Waals surface area contributed by atoms with Gasteiger partial charge in [0.15, 0.2) is 0 Å². The first-order chi connectivity index (χ1) is 13.9. The summed E-state index contributed by atoms with van der Waals surface area (Å²) in [6, 6.07) is 7.09. The normalized spacial score (nSPS) is 12.2. The minimum atomic E-state index is -4.63. The molecule has 0 saturated carbocycles. The van der Waals surface area contributed by atoms with E-state index in [0.29, 0.717) is 10.5 Å². The summed E-state index contributed by atoms with van der Waals surface area (Å²) in [6.45, 7) is -0.423. The van der Waals surface area contributed by atoms with Crippen LogP contribution in [0.1, 0.15) is 26.7 Å². The standard InChI is InChI=1S/C19H14F6N2O2S/c1-11-15(17(28)27(10-18(20,21)22)9-14-3-2-8-29-14)30-16(26-11)12-4-6-13(7-5-12)19(23,24)25/h2-8H,9-10H2,1H3. The summed E-state index contributed by atoms with van der Waals surface area (Å²) in [6.07, 6.45) is -7.84. The van der Waals surface area contributed by atoms with Gasteiger partial charge in [0, 0.05) is 5.56 Å². The lowest BCUT2D eigenvalue weighted by Crippen LogP contribution is -2.38. The van der Waals surface area contributed by atoms with Crippen LogP contribution in [-0.4, -0.2) is 28.5 Å². The molecule has 0 spiro atoms. The summed E-state index contributed by atoms with van der Waals surface area (Å²) in [5.74, 6) is -0.713. The van der Waals surface area contributed by atoms with E-state index in [1.54, 1.807) is 0 Å². The highest BCUT2D eigenvalue weighted by Crippen LogP contribution is 2.33. The Bertz CT molecular complexity index is 1010. The number of aromatic nitrogens is 1. The van der Waals surface area contributed by atoms with Gasteiger partial charge in [-0.2, -0.15) is 26.3 Å². The number of aryl methyl sites for hydroxylation is 1. The van der Waals surface area contributed by atoms with Crippen molar-refractivity contribution in [2.75, 3.05) is 6.54 Å². The monoisotopic (exact) mass is 448 g/mol. The fraction of sp³-hybridized carbons (Fsp3) is 0.263. The third-order valence-corrected chi connectivity index (χ3v) is 5.23. The first kappa shape index (κ1) is 21.9. The highest BCUT2D eigenvalue weighted by atomic mass is 32.1. The largest absolute Gasteiger partial charge is 0.467 e. The second kappa shape index (κ2) is 8.13. The third kappa shape index (κ3) is 5.21. The number of rotatable bonds is 5. The first-order valence-corrected chi connectivity index (χ1v) is 9.29. The van der Waals surface area contributed by atoms with Crippen molar-refractivity contribution >= 4 is 17.2 Å². The van der Waals surface area contributed by atoms with Crippen LogP contribution in [0.2, 0.25) is 0 Å². The lowest BCUT2D eigenvalue weighted by molar-refractivity contribution is -0.142. The van der Waals surface area contributed by atoms with Crippen LogP contribution in [0, 0.1) is 6.92 Å². The lowest BCUT2D eigenvalue weighted by atomic mass is 10.1. The van der Waals surface area contributed by atoms with Crippen LogP contribution in [-0.2, 0) is 12.7 Å². The molecule has 2 heterocycles. The predicted octanol–water partition coefficient (Wildman–Crippen LogP) is 5.94. The average molecular weight is 448 g/mol. The molecule has 3 rings (SSSR count). The van der Waals surface area contributed by atoms with Crippen molar-refractivity contribution < 1.29 is 35.6 Å². The van der Waals surface area contributed by atoms with Gasteiger partial charge >= 0.3 is 12.4 Å². The van der Waals surface area contributed by atoms with Crippen LogP contribution in [0.3, 0.4) is 0 Å². The van der Waals surface area contributed by atoms with Crippen LogP contribution < -0.4 is 0 Å². The van der Waals surface area contributed by atoms with E-state index >= 15 is 0 Å². The molecule has 1 amide bonds. The van der Waals surface area contributed by atoms with E-state index in [-0.39, 0.29) is 21.3 Å². The van der Waals surface area contributed by atoms with Gasteiger partial charge < -0.3 is 9.32 Å². The number of nitrogens with zero attached hydrogens (tertiary/aromatic N) is 2. The number of benzene rings is 1. The predicted molar refractivity (Wildman–Crippen MR) is 96.8 cm³/mol. The minimum absolute atomic E-state index is 0.0271. The van der Waals surface area contributed by atoms with Crippen LogP contribution in [0.4, 0.5) is 26.3 Å². The lowest BCUT2D eigenvalue weighted by Gasteiger charge is -2.22. The van der Waals surface area contributed by atoms with Crippen molar-refractivity contribution in [3.05, 3.63) is 64.6 Å². The van der Waals surface area contributed by atoms with Gasteiger partial charge in [-0.1, -0.05) is 12.1 Å². The molecule has 3 aromatic rings. The summed E-state index contributed by atoms with van der Waals surface area (Å²) in [5, 5.41) is 0.231. The van der Waals surface area contributed by atoms with Crippen molar-refractivity contribution in [1.29, 1.82) is 0 Å². The zero-order valence-electron chi connectivity index (χ0n) is 15.3. The molecular weight excluding hydrogens is 434 g/mol. The SMILES string of the molecule is Cc1nc(-c2ccc(C(F)(F)F)cc2)sc1C(=O)N(Cc1ccco1)CC(F)(F)F. The number of hydrogen-bond donors (Lipinski definition) is 0. The molecule has 0 bridgehead atoms. The molecule has 0 N–H and O–H groups in total. The number of carbonyl (C=O) groups excluding carboxylic acids is 1. The fourth-order valence-corrected chi connectivity index (χ4v) is 3.71. The summed E-state index contributed by atoms with van der Waals surface area (Å²) >= 11 is 0.819. The van der Waals surface area contributed by atoms with Gasteiger partial charge in [-0.25, -0.2) is 4.98 Å². The maximum absolute atomic E-state index is 13.0. The Kier molecular flexibility index (Phi) is 5.93. The zero-order valence-corrected chi connectivity index (χ0v) is 16.2. The molecule has 4 nitrogen and oxygen atoms in total. The van der Waals surface area contributed by atoms with Crippen molar-refractivity contribution in [2.24, 2.45) is 0 Å². The summed E-state index contributed by atoms with van der Waals surface area (Å²) in [7, 11) is 0. The Morgan fingerprint density at radius 2 is 1.77 bits per heavy atom. The van der Waals surface area contributed by atoms with E-state index in [4.69, 9.17) is 4.42 Å². The van der Waals surface area contributed by atoms with Gasteiger partial charge in [0.05, 0.1) is 24.1 Å². The van der Waals surface area contributed by atoms with E-state index in [9.17, 15) is 31.1 Å². The summed E-state index contributed by atoms with van der Waals surface area (Å²) in [5.41, 5.74) is -0.333. The van der Waals surface area contributed by atoms with E-state index in [2.05, 4.69) is 4.98 Å². The van der Waals surface area contributed by atoms with Gasteiger partial charge in [0.25, 0.3) is 5.91 Å². The molecule has 30 heavy (non-hydrogen) atoms. The van der Waals surface area contributed by atoms with E-state index in [0.717, 1.165) is 23.5 Å². The van der Waals surface area contributed by atoms with Crippen LogP contribution in [0.25, 0.3) is 10.6 Å². The van der Waals surface area contributed by atoms with Crippen LogP contribution in [0.5, 0.6) is 0 Å². The van der Waals surface area contributed by atoms with Gasteiger partial charge in [-0.05, 0) is 31.2 Å². The number of hydrogen-bond acceptors (Lipinski definition) is 4. The smallest absolute Gasteiger partial charge is 0.416 e. The fourth-order valence-electron chi connectivity index (χ4n) is 2.67. The number of halogens is 6. The summed E-state index contributed by atoms with van der Waals surface area (Å²) in [4.78, 5) is 17.5. The number of furan rings is 1. The molecule has 2 aromatic heterocycles. The molecular formula is C19H14F6N2O2S.